The van der Waals surface area contributed by atoms with Gasteiger partial charge in [-0.05, 0) is 19.2 Å². The molecule has 11 heavy (non-hydrogen) atoms. The van der Waals surface area contributed by atoms with E-state index in [-0.39, 0.29) is 5.69 Å². The van der Waals surface area contributed by atoms with Crippen molar-refractivity contribution in [2.75, 3.05) is 6.26 Å². The van der Waals surface area contributed by atoms with Crippen molar-refractivity contribution in [2.24, 2.45) is 0 Å². The van der Waals surface area contributed by atoms with Crippen LogP contribution in [0.1, 0.15) is 6.92 Å². The van der Waals surface area contributed by atoms with Crippen LogP contribution in [0.5, 0.6) is 0 Å². The Morgan fingerprint density at radius 2 is 2.45 bits per heavy atom. The molecular formula is C7H10N2OS. The zero-order valence-electron chi connectivity index (χ0n) is 6.57. The number of hydrogen-bond acceptors (Lipinski definition) is 3. The van der Waals surface area contributed by atoms with Crippen LogP contribution in [0.15, 0.2) is 22.1 Å². The standard InChI is InChI=1S/C7H10N2OS/c1-3-9-5-4-6(11-2)8-7(9)10/h4-5H,3H2,1-2H3. The number of rotatable bonds is 2. The van der Waals surface area contributed by atoms with E-state index in [1.54, 1.807) is 10.8 Å². The quantitative estimate of drug-likeness (QED) is 0.490. The molecule has 0 unspecified atom stereocenters. The lowest BCUT2D eigenvalue weighted by Crippen LogP contribution is -2.21. The molecule has 0 N–H and O–H groups in total. The van der Waals surface area contributed by atoms with E-state index in [0.29, 0.717) is 6.54 Å². The second-order valence-corrected chi connectivity index (χ2v) is 2.87. The maximum atomic E-state index is 11.1. The van der Waals surface area contributed by atoms with Crippen LogP contribution in [-0.4, -0.2) is 15.8 Å². The molecule has 0 bridgehead atoms. The average Bonchev–Trinajstić information content (AvgIpc) is 2.04. The first kappa shape index (κ1) is 8.33. The summed E-state index contributed by atoms with van der Waals surface area (Å²) in [4.78, 5) is 14.9. The van der Waals surface area contributed by atoms with E-state index in [2.05, 4.69) is 4.98 Å². The highest BCUT2D eigenvalue weighted by atomic mass is 32.2. The fraction of sp³-hybridized carbons (Fsp3) is 0.429. The molecule has 0 aliphatic carbocycles. The Labute approximate surface area is 69.5 Å². The summed E-state index contributed by atoms with van der Waals surface area (Å²) >= 11 is 1.48. The molecule has 0 radical (unpaired) electrons. The topological polar surface area (TPSA) is 34.9 Å². The van der Waals surface area contributed by atoms with Crippen LogP contribution in [0.2, 0.25) is 0 Å². The van der Waals surface area contributed by atoms with E-state index in [1.807, 2.05) is 19.2 Å². The summed E-state index contributed by atoms with van der Waals surface area (Å²) in [5.74, 6) is 0. The van der Waals surface area contributed by atoms with Crippen LogP contribution in [-0.2, 0) is 6.54 Å². The predicted octanol–water partition coefficient (Wildman–Crippen LogP) is 0.985. The Morgan fingerprint density at radius 1 is 1.73 bits per heavy atom. The van der Waals surface area contributed by atoms with Crippen LogP contribution >= 0.6 is 11.8 Å². The molecule has 1 heterocycles. The fourth-order valence-electron chi connectivity index (χ4n) is 0.768. The Hall–Kier alpha value is -0.770. The van der Waals surface area contributed by atoms with Gasteiger partial charge < -0.3 is 0 Å². The first-order valence-electron chi connectivity index (χ1n) is 3.39. The molecule has 0 aliphatic heterocycles. The zero-order valence-corrected chi connectivity index (χ0v) is 7.39. The second-order valence-electron chi connectivity index (χ2n) is 2.04. The van der Waals surface area contributed by atoms with Crippen LogP contribution in [0.4, 0.5) is 0 Å². The van der Waals surface area contributed by atoms with Gasteiger partial charge >= 0.3 is 5.69 Å². The number of aromatic nitrogens is 2. The Balaban J connectivity index is 3.10. The van der Waals surface area contributed by atoms with E-state index in [4.69, 9.17) is 0 Å². The third-order valence-corrected chi connectivity index (χ3v) is 2.04. The molecule has 0 spiro atoms. The van der Waals surface area contributed by atoms with E-state index >= 15 is 0 Å². The highest BCUT2D eigenvalue weighted by Crippen LogP contribution is 2.06. The summed E-state index contributed by atoms with van der Waals surface area (Å²) in [5.41, 5.74) is -0.167. The molecule has 1 rings (SSSR count). The molecule has 0 amide bonds. The predicted molar refractivity (Wildman–Crippen MR) is 46.0 cm³/mol. The van der Waals surface area contributed by atoms with Crippen molar-refractivity contribution in [3.63, 3.8) is 0 Å². The normalized spacial score (nSPS) is 10.0. The van der Waals surface area contributed by atoms with Crippen molar-refractivity contribution >= 4 is 11.8 Å². The molecular weight excluding hydrogens is 160 g/mol. The molecule has 4 heteroatoms. The molecule has 1 aromatic rings. The molecule has 3 nitrogen and oxygen atoms in total. The maximum absolute atomic E-state index is 11.1. The molecule has 60 valence electrons. The SMILES string of the molecule is CCn1ccc(SC)nc1=O. The second kappa shape index (κ2) is 3.57. The first-order chi connectivity index (χ1) is 5.27. The Morgan fingerprint density at radius 3 is 2.91 bits per heavy atom. The van der Waals surface area contributed by atoms with Crippen molar-refractivity contribution < 1.29 is 0 Å². The van der Waals surface area contributed by atoms with Gasteiger partial charge in [-0.25, -0.2) is 4.79 Å². The van der Waals surface area contributed by atoms with Crippen LogP contribution < -0.4 is 5.69 Å². The molecule has 1 aromatic heterocycles. The summed E-state index contributed by atoms with van der Waals surface area (Å²) in [7, 11) is 0. The van der Waals surface area contributed by atoms with Gasteiger partial charge in [0.25, 0.3) is 0 Å². The number of hydrogen-bond donors (Lipinski definition) is 0. The first-order valence-corrected chi connectivity index (χ1v) is 4.62. The molecule has 0 saturated heterocycles. The minimum Gasteiger partial charge on any atom is -0.299 e. The van der Waals surface area contributed by atoms with E-state index in [1.165, 1.54) is 11.8 Å². The molecule has 0 atom stereocenters. The van der Waals surface area contributed by atoms with Crippen molar-refractivity contribution in [2.45, 2.75) is 18.5 Å². The van der Waals surface area contributed by atoms with Crippen molar-refractivity contribution in [3.05, 3.63) is 22.7 Å². The van der Waals surface area contributed by atoms with Crippen LogP contribution in [0, 0.1) is 0 Å². The summed E-state index contributed by atoms with van der Waals surface area (Å²) in [6, 6.07) is 1.84. The van der Waals surface area contributed by atoms with Gasteiger partial charge in [-0.1, -0.05) is 0 Å². The highest BCUT2D eigenvalue weighted by molar-refractivity contribution is 7.98. The van der Waals surface area contributed by atoms with Crippen molar-refractivity contribution in [1.29, 1.82) is 0 Å². The van der Waals surface area contributed by atoms with Crippen LogP contribution in [0.25, 0.3) is 0 Å². The average molecular weight is 170 g/mol. The lowest BCUT2D eigenvalue weighted by atomic mass is 10.6. The minimum absolute atomic E-state index is 0.167. The smallest absolute Gasteiger partial charge is 0.299 e. The summed E-state index contributed by atoms with van der Waals surface area (Å²) in [6.07, 6.45) is 3.67. The van der Waals surface area contributed by atoms with Gasteiger partial charge in [-0.15, -0.1) is 11.8 Å². The lowest BCUT2D eigenvalue weighted by Gasteiger charge is -1.99. The van der Waals surface area contributed by atoms with Gasteiger partial charge in [-0.3, -0.25) is 4.57 Å². The lowest BCUT2D eigenvalue weighted by molar-refractivity contribution is 0.684. The van der Waals surface area contributed by atoms with E-state index < -0.39 is 0 Å². The van der Waals surface area contributed by atoms with Gasteiger partial charge in [-0.2, -0.15) is 4.98 Å². The summed E-state index contributed by atoms with van der Waals surface area (Å²) in [5, 5.41) is 0.778. The van der Waals surface area contributed by atoms with Crippen molar-refractivity contribution in [3.8, 4) is 0 Å². The van der Waals surface area contributed by atoms with Gasteiger partial charge in [0.1, 0.15) is 5.03 Å². The Bertz CT molecular complexity index is 295. The van der Waals surface area contributed by atoms with E-state index in [0.717, 1.165) is 5.03 Å². The maximum Gasteiger partial charge on any atom is 0.348 e. The Kier molecular flexibility index (Phi) is 2.70. The number of nitrogens with zero attached hydrogens (tertiary/aromatic N) is 2. The van der Waals surface area contributed by atoms with Gasteiger partial charge in [0.05, 0.1) is 0 Å². The zero-order chi connectivity index (χ0) is 8.27. The molecule has 0 saturated carbocycles. The molecule has 0 aliphatic rings. The summed E-state index contributed by atoms with van der Waals surface area (Å²) < 4.78 is 1.57. The van der Waals surface area contributed by atoms with E-state index in [9.17, 15) is 4.79 Å². The number of aryl methyl sites for hydroxylation is 1. The van der Waals surface area contributed by atoms with Gasteiger partial charge in [0, 0.05) is 12.7 Å². The molecule has 0 aromatic carbocycles. The van der Waals surface area contributed by atoms with Gasteiger partial charge in [0.15, 0.2) is 0 Å². The van der Waals surface area contributed by atoms with Gasteiger partial charge in [0.2, 0.25) is 0 Å². The highest BCUT2D eigenvalue weighted by Gasteiger charge is 1.95. The van der Waals surface area contributed by atoms with Crippen molar-refractivity contribution in [1.82, 2.24) is 9.55 Å². The monoisotopic (exact) mass is 170 g/mol. The third kappa shape index (κ3) is 1.83. The van der Waals surface area contributed by atoms with Crippen LogP contribution in [0.3, 0.4) is 0 Å². The fourth-order valence-corrected chi connectivity index (χ4v) is 1.13. The largest absolute Gasteiger partial charge is 0.348 e. The number of thioether (sulfide) groups is 1. The molecule has 0 fully saturated rings. The third-order valence-electron chi connectivity index (χ3n) is 1.40. The summed E-state index contributed by atoms with van der Waals surface area (Å²) in [6.45, 7) is 2.60. The minimum atomic E-state index is -0.167.